The van der Waals surface area contributed by atoms with Gasteiger partial charge in [0, 0.05) is 32.5 Å². The van der Waals surface area contributed by atoms with Gasteiger partial charge in [0.25, 0.3) is 0 Å². The SMILES string of the molecule is CCc1nc(-c2ccc(N(C)C)cc2C(F)(F)F)c(CC)nc1NC(CC)COC. The first kappa shape index (κ1) is 23.9. The molecule has 30 heavy (non-hydrogen) atoms. The minimum Gasteiger partial charge on any atom is -0.383 e. The van der Waals surface area contributed by atoms with Gasteiger partial charge in [0.1, 0.15) is 5.82 Å². The number of halogens is 3. The monoisotopic (exact) mass is 424 g/mol. The second-order valence-electron chi connectivity index (χ2n) is 7.35. The van der Waals surface area contributed by atoms with Crippen molar-refractivity contribution in [3.05, 3.63) is 35.2 Å². The summed E-state index contributed by atoms with van der Waals surface area (Å²) in [4.78, 5) is 11.0. The molecule has 0 spiro atoms. The van der Waals surface area contributed by atoms with Crippen LogP contribution in [0.15, 0.2) is 18.2 Å². The van der Waals surface area contributed by atoms with Crippen LogP contribution in [-0.2, 0) is 23.8 Å². The van der Waals surface area contributed by atoms with Crippen molar-refractivity contribution in [3.63, 3.8) is 0 Å². The first-order chi connectivity index (χ1) is 14.2. The highest BCUT2D eigenvalue weighted by atomic mass is 19.4. The fourth-order valence-corrected chi connectivity index (χ4v) is 3.24. The summed E-state index contributed by atoms with van der Waals surface area (Å²) in [5, 5.41) is 3.34. The van der Waals surface area contributed by atoms with E-state index >= 15 is 0 Å². The Morgan fingerprint density at radius 2 is 1.73 bits per heavy atom. The van der Waals surface area contributed by atoms with Gasteiger partial charge in [0.05, 0.1) is 35.3 Å². The fraction of sp³-hybridized carbons (Fsp3) is 0.545. The van der Waals surface area contributed by atoms with Gasteiger partial charge in [-0.2, -0.15) is 13.2 Å². The van der Waals surface area contributed by atoms with Crippen molar-refractivity contribution in [2.24, 2.45) is 0 Å². The maximum atomic E-state index is 13.9. The Bertz CT molecular complexity index is 853. The summed E-state index contributed by atoms with van der Waals surface area (Å²) in [7, 11) is 5.06. The van der Waals surface area contributed by atoms with Crippen molar-refractivity contribution in [2.75, 3.05) is 38.0 Å². The van der Waals surface area contributed by atoms with Crippen molar-refractivity contribution in [1.29, 1.82) is 0 Å². The molecule has 0 radical (unpaired) electrons. The minimum absolute atomic E-state index is 0.0512. The molecular weight excluding hydrogens is 393 g/mol. The molecule has 0 saturated carbocycles. The summed E-state index contributed by atoms with van der Waals surface area (Å²) >= 11 is 0. The highest BCUT2D eigenvalue weighted by molar-refractivity contribution is 5.71. The van der Waals surface area contributed by atoms with Crippen molar-refractivity contribution < 1.29 is 17.9 Å². The molecule has 166 valence electrons. The summed E-state index contributed by atoms with van der Waals surface area (Å²) in [6.07, 6.45) is -2.66. The van der Waals surface area contributed by atoms with Crippen LogP contribution in [0.5, 0.6) is 0 Å². The molecule has 0 amide bonds. The number of benzene rings is 1. The molecule has 0 aliphatic carbocycles. The molecule has 1 N–H and O–H groups in total. The first-order valence-corrected chi connectivity index (χ1v) is 10.2. The number of hydrogen-bond donors (Lipinski definition) is 1. The third kappa shape index (κ3) is 5.41. The predicted molar refractivity (Wildman–Crippen MR) is 115 cm³/mol. The second kappa shape index (κ2) is 10.1. The zero-order valence-electron chi connectivity index (χ0n) is 18.5. The van der Waals surface area contributed by atoms with Gasteiger partial charge in [-0.25, -0.2) is 9.97 Å². The average Bonchev–Trinajstić information content (AvgIpc) is 2.71. The number of methoxy groups -OCH3 is 1. The van der Waals surface area contributed by atoms with E-state index in [2.05, 4.69) is 15.3 Å². The number of aromatic nitrogens is 2. The van der Waals surface area contributed by atoms with Gasteiger partial charge in [0.2, 0.25) is 0 Å². The van der Waals surface area contributed by atoms with Crippen LogP contribution in [0.2, 0.25) is 0 Å². The molecule has 8 heteroatoms. The number of rotatable bonds is 9. The lowest BCUT2D eigenvalue weighted by atomic mass is 9.99. The van der Waals surface area contributed by atoms with Gasteiger partial charge in [-0.05, 0) is 31.4 Å². The number of nitrogens with zero attached hydrogens (tertiary/aromatic N) is 3. The Balaban J connectivity index is 2.65. The molecule has 0 aliphatic rings. The molecule has 1 aromatic carbocycles. The Labute approximate surface area is 176 Å². The topological polar surface area (TPSA) is 50.3 Å². The lowest BCUT2D eigenvalue weighted by Crippen LogP contribution is -2.26. The smallest absolute Gasteiger partial charge is 0.383 e. The Morgan fingerprint density at radius 3 is 2.23 bits per heavy atom. The number of alkyl halides is 3. The molecule has 1 unspecified atom stereocenters. The lowest BCUT2D eigenvalue weighted by molar-refractivity contribution is -0.137. The third-order valence-electron chi connectivity index (χ3n) is 4.99. The predicted octanol–water partition coefficient (Wildman–Crippen LogP) is 5.19. The van der Waals surface area contributed by atoms with E-state index in [1.54, 1.807) is 32.2 Å². The van der Waals surface area contributed by atoms with Crippen LogP contribution in [0.25, 0.3) is 11.3 Å². The number of hydrogen-bond acceptors (Lipinski definition) is 5. The highest BCUT2D eigenvalue weighted by Gasteiger charge is 2.35. The Kier molecular flexibility index (Phi) is 8.06. The summed E-state index contributed by atoms with van der Waals surface area (Å²) in [6.45, 7) is 6.33. The molecule has 0 saturated heterocycles. The van der Waals surface area contributed by atoms with Crippen LogP contribution in [0.3, 0.4) is 0 Å². The fourth-order valence-electron chi connectivity index (χ4n) is 3.24. The van der Waals surface area contributed by atoms with E-state index in [4.69, 9.17) is 4.74 Å². The van der Waals surface area contributed by atoms with Crippen LogP contribution in [0, 0.1) is 0 Å². The summed E-state index contributed by atoms with van der Waals surface area (Å²) in [5.41, 5.74) is 1.30. The van der Waals surface area contributed by atoms with Gasteiger partial charge < -0.3 is 15.0 Å². The van der Waals surface area contributed by atoms with Crippen molar-refractivity contribution in [3.8, 4) is 11.3 Å². The van der Waals surface area contributed by atoms with Crippen LogP contribution >= 0.6 is 0 Å². The quantitative estimate of drug-likeness (QED) is 0.600. The van der Waals surface area contributed by atoms with Gasteiger partial charge in [-0.1, -0.05) is 26.8 Å². The van der Waals surface area contributed by atoms with E-state index < -0.39 is 11.7 Å². The van der Waals surface area contributed by atoms with Crippen LogP contribution in [-0.4, -0.2) is 43.8 Å². The lowest BCUT2D eigenvalue weighted by Gasteiger charge is -2.22. The Hall–Kier alpha value is -2.35. The molecule has 2 rings (SSSR count). The van der Waals surface area contributed by atoms with E-state index in [1.807, 2.05) is 20.8 Å². The van der Waals surface area contributed by atoms with Gasteiger partial charge in [0.15, 0.2) is 0 Å². The first-order valence-electron chi connectivity index (χ1n) is 10.2. The zero-order chi connectivity index (χ0) is 22.5. The van der Waals surface area contributed by atoms with Crippen molar-refractivity contribution in [2.45, 2.75) is 52.3 Å². The summed E-state index contributed by atoms with van der Waals surface area (Å²) in [6, 6.07) is 4.39. The minimum atomic E-state index is -4.50. The maximum Gasteiger partial charge on any atom is 0.417 e. The molecule has 0 fully saturated rings. The molecule has 0 aliphatic heterocycles. The van der Waals surface area contributed by atoms with E-state index in [0.29, 0.717) is 42.3 Å². The number of ether oxygens (including phenoxy) is 1. The molecular formula is C22H31F3N4O. The molecule has 1 heterocycles. The summed E-state index contributed by atoms with van der Waals surface area (Å²) < 4.78 is 46.9. The zero-order valence-corrected chi connectivity index (χ0v) is 18.5. The molecule has 2 aromatic rings. The summed E-state index contributed by atoms with van der Waals surface area (Å²) in [5.74, 6) is 0.612. The van der Waals surface area contributed by atoms with Crippen LogP contribution in [0.1, 0.15) is 44.1 Å². The van der Waals surface area contributed by atoms with Crippen molar-refractivity contribution >= 4 is 11.5 Å². The van der Waals surface area contributed by atoms with E-state index in [9.17, 15) is 13.2 Å². The standard InChI is InChI=1S/C22H31F3N4O/c1-7-14(13-30-6)26-21-19(9-3)27-20(18(8-2)28-21)16-11-10-15(29(4)5)12-17(16)22(23,24)25/h10-12,14H,7-9,13H2,1-6H3,(H,26,28). The third-order valence-corrected chi connectivity index (χ3v) is 4.99. The van der Waals surface area contributed by atoms with E-state index in [1.165, 1.54) is 12.1 Å². The van der Waals surface area contributed by atoms with Gasteiger partial charge >= 0.3 is 6.18 Å². The molecule has 0 bridgehead atoms. The van der Waals surface area contributed by atoms with Crippen LogP contribution in [0.4, 0.5) is 24.7 Å². The van der Waals surface area contributed by atoms with Crippen molar-refractivity contribution in [1.82, 2.24) is 9.97 Å². The van der Waals surface area contributed by atoms with E-state index in [0.717, 1.165) is 6.42 Å². The van der Waals surface area contributed by atoms with Gasteiger partial charge in [-0.3, -0.25) is 0 Å². The van der Waals surface area contributed by atoms with Gasteiger partial charge in [-0.15, -0.1) is 0 Å². The number of aryl methyl sites for hydroxylation is 2. The molecule has 5 nitrogen and oxygen atoms in total. The largest absolute Gasteiger partial charge is 0.417 e. The Morgan fingerprint density at radius 1 is 1.07 bits per heavy atom. The average molecular weight is 425 g/mol. The number of nitrogens with one attached hydrogen (secondary N) is 1. The second-order valence-corrected chi connectivity index (χ2v) is 7.35. The van der Waals surface area contributed by atoms with Crippen LogP contribution < -0.4 is 10.2 Å². The van der Waals surface area contributed by atoms with E-state index in [-0.39, 0.29) is 17.3 Å². The normalized spacial score (nSPS) is 12.7. The maximum absolute atomic E-state index is 13.9. The molecule has 1 atom stereocenters. The highest BCUT2D eigenvalue weighted by Crippen LogP contribution is 2.40. The molecule has 1 aromatic heterocycles. The number of anilines is 2.